The van der Waals surface area contributed by atoms with Gasteiger partial charge >= 0.3 is 0 Å². The average molecular weight is 274 g/mol. The lowest BCUT2D eigenvalue weighted by Gasteiger charge is -2.10. The number of nitrogens with zero attached hydrogens (tertiary/aromatic N) is 2. The summed E-state index contributed by atoms with van der Waals surface area (Å²) in [5.74, 6) is 1.01. The number of methoxy groups -OCH3 is 1. The molecule has 4 heteroatoms. The molecule has 0 aliphatic carbocycles. The topological polar surface area (TPSA) is 47.3 Å². The van der Waals surface area contributed by atoms with Gasteiger partial charge in [0.2, 0.25) is 5.88 Å². The van der Waals surface area contributed by atoms with Crippen molar-refractivity contribution in [2.24, 2.45) is 0 Å². The van der Waals surface area contributed by atoms with Gasteiger partial charge in [0.1, 0.15) is 0 Å². The molecule has 1 heterocycles. The van der Waals surface area contributed by atoms with Gasteiger partial charge in [-0.15, -0.1) is 0 Å². The van der Waals surface area contributed by atoms with Gasteiger partial charge in [0.05, 0.1) is 18.5 Å². The van der Waals surface area contributed by atoms with E-state index in [0.29, 0.717) is 6.42 Å². The Bertz CT molecular complexity index is 588. The normalized spacial score (nSPS) is 11.1. The van der Waals surface area contributed by atoms with Crippen molar-refractivity contribution in [3.8, 4) is 11.6 Å². The van der Waals surface area contributed by atoms with Crippen molar-refractivity contribution in [2.75, 3.05) is 13.7 Å². The van der Waals surface area contributed by atoms with Crippen LogP contribution in [0.25, 0.3) is 5.69 Å². The highest BCUT2D eigenvalue weighted by Crippen LogP contribution is 2.31. The lowest BCUT2D eigenvalue weighted by molar-refractivity contribution is 0.295. The number of benzene rings is 1. The fourth-order valence-electron chi connectivity index (χ4n) is 2.44. The van der Waals surface area contributed by atoms with Gasteiger partial charge in [-0.25, -0.2) is 4.68 Å². The average Bonchev–Trinajstić information content (AvgIpc) is 2.78. The molecule has 0 aliphatic rings. The molecule has 0 amide bonds. The second kappa shape index (κ2) is 6.09. The van der Waals surface area contributed by atoms with Crippen LogP contribution in [-0.4, -0.2) is 28.6 Å². The zero-order valence-corrected chi connectivity index (χ0v) is 12.6. The van der Waals surface area contributed by atoms with Crippen molar-refractivity contribution in [3.63, 3.8) is 0 Å². The molecule has 0 saturated heterocycles. The van der Waals surface area contributed by atoms with Gasteiger partial charge in [0.15, 0.2) is 0 Å². The minimum Gasteiger partial charge on any atom is -0.481 e. The van der Waals surface area contributed by atoms with Crippen LogP contribution in [0.2, 0.25) is 0 Å². The van der Waals surface area contributed by atoms with Crippen LogP contribution in [0.3, 0.4) is 0 Å². The van der Waals surface area contributed by atoms with Gasteiger partial charge in [-0.3, -0.25) is 0 Å². The molecule has 1 N–H and O–H groups in total. The van der Waals surface area contributed by atoms with Gasteiger partial charge in [-0.1, -0.05) is 32.0 Å². The summed E-state index contributed by atoms with van der Waals surface area (Å²) in [6.45, 7) is 6.35. The Hall–Kier alpha value is -1.81. The predicted molar refractivity (Wildman–Crippen MR) is 79.7 cm³/mol. The first-order chi connectivity index (χ1) is 9.60. The van der Waals surface area contributed by atoms with Crippen molar-refractivity contribution in [1.29, 1.82) is 0 Å². The van der Waals surface area contributed by atoms with Gasteiger partial charge in [-0.05, 0) is 24.5 Å². The second-order valence-electron chi connectivity index (χ2n) is 5.20. The number of para-hydroxylation sites is 1. The molecule has 1 aromatic carbocycles. The molecule has 4 nitrogen and oxygen atoms in total. The number of aliphatic hydroxyl groups excluding tert-OH is 1. The predicted octanol–water partition coefficient (Wildman–Crippen LogP) is 2.85. The van der Waals surface area contributed by atoms with E-state index in [-0.39, 0.29) is 12.5 Å². The monoisotopic (exact) mass is 274 g/mol. The second-order valence-corrected chi connectivity index (χ2v) is 5.20. The Morgan fingerprint density at radius 3 is 2.55 bits per heavy atom. The van der Waals surface area contributed by atoms with Crippen LogP contribution in [0.5, 0.6) is 5.88 Å². The quantitative estimate of drug-likeness (QED) is 0.912. The van der Waals surface area contributed by atoms with Gasteiger partial charge in [0, 0.05) is 18.6 Å². The van der Waals surface area contributed by atoms with Crippen molar-refractivity contribution in [1.82, 2.24) is 9.78 Å². The van der Waals surface area contributed by atoms with Gasteiger partial charge in [0.25, 0.3) is 0 Å². The summed E-state index contributed by atoms with van der Waals surface area (Å²) in [4.78, 5) is 0. The molecule has 2 aromatic rings. The van der Waals surface area contributed by atoms with E-state index in [9.17, 15) is 5.11 Å². The summed E-state index contributed by atoms with van der Waals surface area (Å²) in [7, 11) is 1.65. The Balaban J connectivity index is 2.64. The van der Waals surface area contributed by atoms with Crippen molar-refractivity contribution in [3.05, 3.63) is 41.1 Å². The summed E-state index contributed by atoms with van der Waals surface area (Å²) < 4.78 is 7.40. The minimum absolute atomic E-state index is 0.0928. The lowest BCUT2D eigenvalue weighted by Crippen LogP contribution is -2.03. The van der Waals surface area contributed by atoms with E-state index in [1.165, 1.54) is 0 Å². The van der Waals surface area contributed by atoms with Crippen LogP contribution in [-0.2, 0) is 6.42 Å². The number of hydrogen-bond acceptors (Lipinski definition) is 3. The van der Waals surface area contributed by atoms with Crippen LogP contribution in [0.1, 0.15) is 36.6 Å². The van der Waals surface area contributed by atoms with Gasteiger partial charge in [-0.2, -0.15) is 5.10 Å². The molecular formula is C16H22N2O2. The SMILES string of the molecule is COc1c(CCO)c(C(C)C)nn1-c1ccccc1C. The standard InChI is InChI=1S/C16H22N2O2/c1-11(2)15-13(9-10-19)16(20-4)18(17-15)14-8-6-5-7-12(14)3/h5-8,11,19H,9-10H2,1-4H3. The number of aryl methyl sites for hydroxylation is 1. The Kier molecular flexibility index (Phi) is 4.45. The molecule has 0 bridgehead atoms. The highest BCUT2D eigenvalue weighted by molar-refractivity contribution is 5.46. The van der Waals surface area contributed by atoms with Crippen molar-refractivity contribution >= 4 is 0 Å². The maximum atomic E-state index is 9.29. The van der Waals surface area contributed by atoms with Gasteiger partial charge < -0.3 is 9.84 Å². The minimum atomic E-state index is 0.0928. The zero-order chi connectivity index (χ0) is 14.7. The summed E-state index contributed by atoms with van der Waals surface area (Å²) in [6, 6.07) is 8.08. The fourth-order valence-corrected chi connectivity index (χ4v) is 2.44. The zero-order valence-electron chi connectivity index (χ0n) is 12.6. The first-order valence-corrected chi connectivity index (χ1v) is 6.92. The summed E-state index contributed by atoms with van der Waals surface area (Å²) in [5, 5.41) is 14.0. The van der Waals surface area contributed by atoms with E-state index in [1.807, 2.05) is 22.9 Å². The molecule has 1 aromatic heterocycles. The molecule has 20 heavy (non-hydrogen) atoms. The Morgan fingerprint density at radius 1 is 1.30 bits per heavy atom. The largest absolute Gasteiger partial charge is 0.481 e. The van der Waals surface area contributed by atoms with E-state index in [1.54, 1.807) is 7.11 Å². The van der Waals surface area contributed by atoms with Crippen LogP contribution in [0.4, 0.5) is 0 Å². The molecule has 0 atom stereocenters. The van der Waals surface area contributed by atoms with Crippen LogP contribution in [0.15, 0.2) is 24.3 Å². The number of aliphatic hydroxyl groups is 1. The third-order valence-electron chi connectivity index (χ3n) is 3.41. The van der Waals surface area contributed by atoms with E-state index >= 15 is 0 Å². The number of aromatic nitrogens is 2. The van der Waals surface area contributed by atoms with E-state index in [4.69, 9.17) is 9.84 Å². The Labute approximate surface area is 120 Å². The molecule has 0 radical (unpaired) electrons. The molecule has 2 rings (SSSR count). The number of ether oxygens (including phenoxy) is 1. The third kappa shape index (κ3) is 2.56. The molecule has 108 valence electrons. The van der Waals surface area contributed by atoms with Crippen LogP contribution >= 0.6 is 0 Å². The fraction of sp³-hybridized carbons (Fsp3) is 0.438. The summed E-state index contributed by atoms with van der Waals surface area (Å²) >= 11 is 0. The van der Waals surface area contributed by atoms with E-state index < -0.39 is 0 Å². The van der Waals surface area contributed by atoms with E-state index in [2.05, 4.69) is 26.8 Å². The first kappa shape index (κ1) is 14.6. The van der Waals surface area contributed by atoms with Crippen LogP contribution < -0.4 is 4.74 Å². The molecule has 0 saturated carbocycles. The highest BCUT2D eigenvalue weighted by atomic mass is 16.5. The molecule has 0 unspecified atom stereocenters. The highest BCUT2D eigenvalue weighted by Gasteiger charge is 2.21. The number of hydrogen-bond donors (Lipinski definition) is 1. The maximum absolute atomic E-state index is 9.29. The molecule has 0 spiro atoms. The molecule has 0 fully saturated rings. The summed E-state index contributed by atoms with van der Waals surface area (Å²) in [5.41, 5.74) is 4.13. The van der Waals surface area contributed by atoms with E-state index in [0.717, 1.165) is 28.4 Å². The van der Waals surface area contributed by atoms with Crippen molar-refractivity contribution in [2.45, 2.75) is 33.1 Å². The Morgan fingerprint density at radius 2 is 2.00 bits per heavy atom. The first-order valence-electron chi connectivity index (χ1n) is 6.92. The third-order valence-corrected chi connectivity index (χ3v) is 3.41. The number of rotatable bonds is 5. The summed E-state index contributed by atoms with van der Waals surface area (Å²) in [6.07, 6.45) is 0.558. The van der Waals surface area contributed by atoms with Crippen molar-refractivity contribution < 1.29 is 9.84 Å². The lowest BCUT2D eigenvalue weighted by atomic mass is 10.0. The smallest absolute Gasteiger partial charge is 0.220 e. The molecule has 0 aliphatic heterocycles. The maximum Gasteiger partial charge on any atom is 0.220 e. The molecular weight excluding hydrogens is 252 g/mol. The van der Waals surface area contributed by atoms with Crippen LogP contribution in [0, 0.1) is 6.92 Å².